The number of benzene rings is 2. The number of hydrogen-bond donors (Lipinski definition) is 1. The monoisotopic (exact) mass is 457 g/mol. The highest BCUT2D eigenvalue weighted by molar-refractivity contribution is 7.90. The molecule has 2 aromatic rings. The van der Waals surface area contributed by atoms with Crippen molar-refractivity contribution in [2.24, 2.45) is 0 Å². The van der Waals surface area contributed by atoms with Crippen LogP contribution in [0, 0.1) is 0 Å². The molecule has 0 bridgehead atoms. The van der Waals surface area contributed by atoms with Crippen LogP contribution < -0.4 is 14.8 Å². The summed E-state index contributed by atoms with van der Waals surface area (Å²) in [6.45, 7) is 1.79. The zero-order valence-electron chi connectivity index (χ0n) is 18.0. The minimum Gasteiger partial charge on any atom is -0.497 e. The predicted molar refractivity (Wildman–Crippen MR) is 121 cm³/mol. The Morgan fingerprint density at radius 2 is 1.91 bits per heavy atom. The molecule has 2 heterocycles. The molecule has 32 heavy (non-hydrogen) atoms. The fraction of sp³-hybridized carbons (Fsp3) is 0.435. The minimum atomic E-state index is -3.25. The summed E-state index contributed by atoms with van der Waals surface area (Å²) in [5, 5.41) is 2.74. The molecule has 3 aliphatic rings. The van der Waals surface area contributed by atoms with Gasteiger partial charge in [0.25, 0.3) is 0 Å². The van der Waals surface area contributed by atoms with Gasteiger partial charge in [-0.05, 0) is 48.2 Å². The Kier molecular flexibility index (Phi) is 5.56. The number of carbonyl (C=O) groups is 1. The van der Waals surface area contributed by atoms with Gasteiger partial charge in [0.2, 0.25) is 15.9 Å². The van der Waals surface area contributed by atoms with Crippen LogP contribution >= 0.6 is 0 Å². The standard InChI is InChI=1S/C23H27N3O5S/c1-30-19-4-2-3-16(11-19)17-5-8-22-21(12-17)24-23(27)14-25-9-10-26(13-18(25)15-31-22)32(28,29)20-6-7-20/h2-5,8,11-12,18,20H,6-7,9-10,13-15H2,1H3,(H,24,27)/t18-/m1/s1. The lowest BCUT2D eigenvalue weighted by atomic mass is 10.0. The number of carbonyl (C=O) groups excluding carboxylic acids is 1. The number of rotatable bonds is 4. The van der Waals surface area contributed by atoms with E-state index in [1.807, 2.05) is 47.4 Å². The predicted octanol–water partition coefficient (Wildman–Crippen LogP) is 2.17. The molecule has 0 radical (unpaired) electrons. The molecule has 2 fully saturated rings. The molecule has 1 atom stereocenters. The van der Waals surface area contributed by atoms with Crippen LogP contribution in [-0.2, 0) is 14.8 Å². The Balaban J connectivity index is 1.38. The van der Waals surface area contributed by atoms with E-state index < -0.39 is 10.0 Å². The molecule has 8 nitrogen and oxygen atoms in total. The fourth-order valence-electron chi connectivity index (χ4n) is 4.33. The topological polar surface area (TPSA) is 88.2 Å². The van der Waals surface area contributed by atoms with Gasteiger partial charge in [-0.25, -0.2) is 8.42 Å². The van der Waals surface area contributed by atoms with Crippen molar-refractivity contribution in [3.05, 3.63) is 42.5 Å². The van der Waals surface area contributed by atoms with E-state index in [0.29, 0.717) is 37.7 Å². The summed E-state index contributed by atoms with van der Waals surface area (Å²) in [7, 11) is -1.62. The first-order chi connectivity index (χ1) is 15.4. The van der Waals surface area contributed by atoms with Gasteiger partial charge in [-0.1, -0.05) is 18.2 Å². The second-order valence-corrected chi connectivity index (χ2v) is 10.7. The van der Waals surface area contributed by atoms with Gasteiger partial charge >= 0.3 is 0 Å². The van der Waals surface area contributed by atoms with Crippen LogP contribution in [0.2, 0.25) is 0 Å². The van der Waals surface area contributed by atoms with E-state index in [9.17, 15) is 13.2 Å². The second kappa shape index (κ2) is 8.38. The molecule has 0 spiro atoms. The van der Waals surface area contributed by atoms with Crippen LogP contribution in [0.1, 0.15) is 12.8 Å². The van der Waals surface area contributed by atoms with Crippen molar-refractivity contribution in [2.75, 3.05) is 45.2 Å². The van der Waals surface area contributed by atoms with Gasteiger partial charge in [0, 0.05) is 19.6 Å². The van der Waals surface area contributed by atoms with Crippen molar-refractivity contribution in [1.29, 1.82) is 0 Å². The minimum absolute atomic E-state index is 0.136. The van der Waals surface area contributed by atoms with Crippen LogP contribution in [0.25, 0.3) is 11.1 Å². The summed E-state index contributed by atoms with van der Waals surface area (Å²) >= 11 is 0. The highest BCUT2D eigenvalue weighted by atomic mass is 32.2. The summed E-state index contributed by atoms with van der Waals surface area (Å²) in [5.41, 5.74) is 2.52. The van der Waals surface area contributed by atoms with Gasteiger partial charge < -0.3 is 14.8 Å². The van der Waals surface area contributed by atoms with Gasteiger partial charge in [-0.2, -0.15) is 4.31 Å². The van der Waals surface area contributed by atoms with Crippen molar-refractivity contribution < 1.29 is 22.7 Å². The molecular weight excluding hydrogens is 430 g/mol. The highest BCUT2D eigenvalue weighted by Gasteiger charge is 2.43. The number of anilines is 1. The van der Waals surface area contributed by atoms with Gasteiger partial charge in [0.15, 0.2) is 0 Å². The second-order valence-electron chi connectivity index (χ2n) is 8.53. The number of hydrogen-bond acceptors (Lipinski definition) is 6. The number of amides is 1. The van der Waals surface area contributed by atoms with Crippen molar-refractivity contribution in [3.63, 3.8) is 0 Å². The van der Waals surface area contributed by atoms with E-state index in [-0.39, 0.29) is 23.7 Å². The van der Waals surface area contributed by atoms with E-state index in [2.05, 4.69) is 5.32 Å². The summed E-state index contributed by atoms with van der Waals surface area (Å²) in [6, 6.07) is 13.2. The maximum absolute atomic E-state index is 12.8. The zero-order chi connectivity index (χ0) is 22.3. The first-order valence-electron chi connectivity index (χ1n) is 10.9. The number of ether oxygens (including phenoxy) is 2. The molecule has 1 saturated carbocycles. The summed E-state index contributed by atoms with van der Waals surface area (Å²) < 4.78 is 38.4. The number of methoxy groups -OCH3 is 1. The Morgan fingerprint density at radius 1 is 1.09 bits per heavy atom. The van der Waals surface area contributed by atoms with Crippen molar-refractivity contribution in [3.8, 4) is 22.6 Å². The molecule has 5 rings (SSSR count). The van der Waals surface area contributed by atoms with E-state index in [1.165, 1.54) is 0 Å². The van der Waals surface area contributed by atoms with Crippen LogP contribution in [0.3, 0.4) is 0 Å². The van der Waals surface area contributed by atoms with E-state index in [0.717, 1.165) is 29.7 Å². The number of nitrogens with one attached hydrogen (secondary N) is 1. The summed E-state index contributed by atoms with van der Waals surface area (Å²) in [6.07, 6.45) is 1.49. The number of sulfonamides is 1. The molecule has 1 amide bonds. The fourth-order valence-corrected chi connectivity index (χ4v) is 6.20. The largest absolute Gasteiger partial charge is 0.497 e. The van der Waals surface area contributed by atoms with Crippen LogP contribution in [0.4, 0.5) is 5.69 Å². The summed E-state index contributed by atoms with van der Waals surface area (Å²) in [4.78, 5) is 14.8. The van der Waals surface area contributed by atoms with Crippen LogP contribution in [-0.4, -0.2) is 74.7 Å². The lowest BCUT2D eigenvalue weighted by molar-refractivity contribution is -0.118. The van der Waals surface area contributed by atoms with E-state index >= 15 is 0 Å². The Labute approximate surface area is 188 Å². The first-order valence-corrected chi connectivity index (χ1v) is 12.4. The molecule has 2 aliphatic heterocycles. The molecule has 170 valence electrons. The quantitative estimate of drug-likeness (QED) is 0.757. The number of piperazine rings is 1. The van der Waals surface area contributed by atoms with Gasteiger partial charge in [0.1, 0.15) is 18.1 Å². The van der Waals surface area contributed by atoms with E-state index in [4.69, 9.17) is 9.47 Å². The molecule has 1 N–H and O–H groups in total. The maximum Gasteiger partial charge on any atom is 0.238 e. The Hall–Kier alpha value is -2.62. The zero-order valence-corrected chi connectivity index (χ0v) is 18.8. The van der Waals surface area contributed by atoms with E-state index in [1.54, 1.807) is 11.4 Å². The van der Waals surface area contributed by atoms with Crippen molar-refractivity contribution >= 4 is 21.6 Å². The highest BCUT2D eigenvalue weighted by Crippen LogP contribution is 2.34. The average Bonchev–Trinajstić information content (AvgIpc) is 3.64. The molecule has 9 heteroatoms. The lowest BCUT2D eigenvalue weighted by Gasteiger charge is -2.39. The third kappa shape index (κ3) is 4.20. The molecule has 2 aromatic carbocycles. The van der Waals surface area contributed by atoms with Gasteiger partial charge in [-0.3, -0.25) is 9.69 Å². The lowest BCUT2D eigenvalue weighted by Crippen LogP contribution is -2.58. The van der Waals surface area contributed by atoms with Crippen LogP contribution in [0.5, 0.6) is 11.5 Å². The average molecular weight is 458 g/mol. The molecule has 0 aromatic heterocycles. The molecule has 1 aliphatic carbocycles. The normalized spacial score (nSPS) is 22.4. The van der Waals surface area contributed by atoms with Crippen LogP contribution in [0.15, 0.2) is 42.5 Å². The van der Waals surface area contributed by atoms with Crippen molar-refractivity contribution in [1.82, 2.24) is 9.21 Å². The molecule has 1 saturated heterocycles. The molecular formula is C23H27N3O5S. The third-order valence-corrected chi connectivity index (χ3v) is 8.67. The SMILES string of the molecule is COc1cccc(-c2ccc3c(c2)NC(=O)CN2CCN(S(=O)(=O)C4CC4)C[C@@H]2CO3)c1. The Bertz CT molecular complexity index is 1130. The summed E-state index contributed by atoms with van der Waals surface area (Å²) in [5.74, 6) is 1.20. The van der Waals surface area contributed by atoms with Crippen molar-refractivity contribution in [2.45, 2.75) is 24.1 Å². The van der Waals surface area contributed by atoms with Gasteiger partial charge in [-0.15, -0.1) is 0 Å². The first kappa shape index (κ1) is 21.2. The Morgan fingerprint density at radius 3 is 2.69 bits per heavy atom. The smallest absolute Gasteiger partial charge is 0.238 e. The number of nitrogens with zero attached hydrogens (tertiary/aromatic N) is 2. The van der Waals surface area contributed by atoms with Gasteiger partial charge in [0.05, 0.1) is 30.6 Å². The number of fused-ring (bicyclic) bond motifs is 2. The molecule has 0 unspecified atom stereocenters. The maximum atomic E-state index is 12.8. The third-order valence-electron chi connectivity index (χ3n) is 6.31.